The van der Waals surface area contributed by atoms with Gasteiger partial charge in [0.15, 0.2) is 5.15 Å². The van der Waals surface area contributed by atoms with Crippen molar-refractivity contribution in [2.75, 3.05) is 5.32 Å². The summed E-state index contributed by atoms with van der Waals surface area (Å²) >= 11 is 9.54. The largest absolute Gasteiger partial charge is 0.467 e. The first kappa shape index (κ1) is 12.6. The van der Waals surface area contributed by atoms with Gasteiger partial charge < -0.3 is 9.73 Å². The van der Waals surface area contributed by atoms with E-state index in [9.17, 15) is 0 Å². The molecule has 0 aliphatic heterocycles. The molecule has 3 heterocycles. The minimum Gasteiger partial charge on any atom is -0.467 e. The van der Waals surface area contributed by atoms with E-state index in [-0.39, 0.29) is 0 Å². The van der Waals surface area contributed by atoms with Crippen molar-refractivity contribution >= 4 is 38.7 Å². The Labute approximate surface area is 123 Å². The molecule has 19 heavy (non-hydrogen) atoms. The number of aryl methyl sites for hydroxylation is 1. The average molecular weight is 341 g/mol. The third kappa shape index (κ3) is 2.35. The molecule has 3 aromatic heterocycles. The lowest BCUT2D eigenvalue weighted by Crippen LogP contribution is -2.02. The molecule has 0 aromatic carbocycles. The third-order valence-electron chi connectivity index (χ3n) is 2.93. The highest BCUT2D eigenvalue weighted by molar-refractivity contribution is 9.10. The van der Waals surface area contributed by atoms with Gasteiger partial charge in [-0.2, -0.15) is 5.10 Å². The molecule has 0 radical (unpaired) electrons. The van der Waals surface area contributed by atoms with E-state index in [4.69, 9.17) is 16.0 Å². The monoisotopic (exact) mass is 339 g/mol. The standard InChI is InChI=1S/C13H11BrClN3O/c1-8-10(14)7-18-13(8)11(5-12(15)17-18)16-6-9-3-2-4-19-9/h2-5,7,16H,6H2,1H3. The Balaban J connectivity index is 2.01. The van der Waals surface area contributed by atoms with E-state index in [1.807, 2.05) is 31.3 Å². The van der Waals surface area contributed by atoms with Crippen molar-refractivity contribution in [2.45, 2.75) is 13.5 Å². The smallest absolute Gasteiger partial charge is 0.152 e. The highest BCUT2D eigenvalue weighted by atomic mass is 79.9. The molecule has 0 saturated heterocycles. The number of nitrogens with one attached hydrogen (secondary N) is 1. The first-order valence-corrected chi connectivity index (χ1v) is 6.92. The van der Waals surface area contributed by atoms with Gasteiger partial charge >= 0.3 is 0 Å². The number of rotatable bonds is 3. The molecule has 0 unspecified atom stereocenters. The highest BCUT2D eigenvalue weighted by Crippen LogP contribution is 2.29. The lowest BCUT2D eigenvalue weighted by molar-refractivity contribution is 0.518. The number of halogens is 2. The Bertz CT molecular complexity index is 721. The van der Waals surface area contributed by atoms with Crippen molar-refractivity contribution in [2.24, 2.45) is 0 Å². The predicted molar refractivity (Wildman–Crippen MR) is 78.7 cm³/mol. The van der Waals surface area contributed by atoms with Gasteiger partial charge in [-0.1, -0.05) is 11.6 Å². The zero-order chi connectivity index (χ0) is 13.4. The third-order valence-corrected chi connectivity index (χ3v) is 3.92. The van der Waals surface area contributed by atoms with Gasteiger partial charge in [0.2, 0.25) is 0 Å². The van der Waals surface area contributed by atoms with Crippen molar-refractivity contribution in [1.82, 2.24) is 9.61 Å². The number of anilines is 1. The second kappa shape index (κ2) is 4.90. The summed E-state index contributed by atoms with van der Waals surface area (Å²) in [6, 6.07) is 5.61. The van der Waals surface area contributed by atoms with Crippen molar-refractivity contribution in [3.8, 4) is 0 Å². The minimum atomic E-state index is 0.442. The number of furan rings is 1. The normalized spacial score (nSPS) is 11.1. The number of nitrogens with zero attached hydrogens (tertiary/aromatic N) is 2. The van der Waals surface area contributed by atoms with E-state index in [2.05, 4.69) is 26.3 Å². The molecule has 98 valence electrons. The Morgan fingerprint density at radius 3 is 3.11 bits per heavy atom. The first-order chi connectivity index (χ1) is 9.15. The summed E-state index contributed by atoms with van der Waals surface area (Å²) in [7, 11) is 0. The van der Waals surface area contributed by atoms with Crippen LogP contribution >= 0.6 is 27.5 Å². The zero-order valence-electron chi connectivity index (χ0n) is 10.2. The highest BCUT2D eigenvalue weighted by Gasteiger charge is 2.11. The SMILES string of the molecule is Cc1c(Br)cn2nc(Cl)cc(NCc3ccco3)c12. The average Bonchev–Trinajstić information content (AvgIpc) is 2.96. The second-order valence-corrected chi connectivity index (χ2v) is 5.45. The molecule has 0 fully saturated rings. The molecule has 0 spiro atoms. The molecule has 1 N–H and O–H groups in total. The van der Waals surface area contributed by atoms with E-state index in [0.29, 0.717) is 11.7 Å². The van der Waals surface area contributed by atoms with Crippen molar-refractivity contribution < 1.29 is 4.42 Å². The summed E-state index contributed by atoms with van der Waals surface area (Å²) in [6.45, 7) is 2.64. The van der Waals surface area contributed by atoms with Crippen LogP contribution in [-0.2, 0) is 6.54 Å². The Morgan fingerprint density at radius 2 is 2.37 bits per heavy atom. The van der Waals surface area contributed by atoms with Gasteiger partial charge in [-0.3, -0.25) is 0 Å². The maximum atomic E-state index is 6.04. The fourth-order valence-corrected chi connectivity index (χ4v) is 2.58. The number of hydrogen-bond acceptors (Lipinski definition) is 3. The van der Waals surface area contributed by atoms with Crippen LogP contribution in [0.15, 0.2) is 39.5 Å². The van der Waals surface area contributed by atoms with Crippen LogP contribution in [0.25, 0.3) is 5.52 Å². The molecule has 3 aromatic rings. The molecule has 4 nitrogen and oxygen atoms in total. The summed E-state index contributed by atoms with van der Waals surface area (Å²) in [5, 5.41) is 8.02. The number of hydrogen-bond donors (Lipinski definition) is 1. The maximum Gasteiger partial charge on any atom is 0.152 e. The van der Waals surface area contributed by atoms with Gasteiger partial charge in [0.05, 0.1) is 24.0 Å². The van der Waals surface area contributed by atoms with Gasteiger partial charge in [-0.25, -0.2) is 4.52 Å². The van der Waals surface area contributed by atoms with Crippen LogP contribution in [0.3, 0.4) is 0 Å². The maximum absolute atomic E-state index is 6.04. The molecule has 0 atom stereocenters. The molecule has 6 heteroatoms. The summed E-state index contributed by atoms with van der Waals surface area (Å²) in [6.07, 6.45) is 3.56. The fraction of sp³-hybridized carbons (Fsp3) is 0.154. The molecule has 0 aliphatic carbocycles. The Hall–Kier alpha value is -1.46. The van der Waals surface area contributed by atoms with Gasteiger partial charge in [-0.15, -0.1) is 0 Å². The Morgan fingerprint density at radius 1 is 1.53 bits per heavy atom. The zero-order valence-corrected chi connectivity index (χ0v) is 12.5. The van der Waals surface area contributed by atoms with Crippen molar-refractivity contribution in [1.29, 1.82) is 0 Å². The molecular formula is C13H11BrClN3O. The number of fused-ring (bicyclic) bond motifs is 1. The van der Waals surface area contributed by atoms with Gasteiger partial charge in [-0.05, 0) is 40.5 Å². The molecule has 0 amide bonds. The van der Waals surface area contributed by atoms with Gasteiger partial charge in [0, 0.05) is 16.7 Å². The summed E-state index contributed by atoms with van der Waals surface area (Å²) in [5.41, 5.74) is 3.05. The van der Waals surface area contributed by atoms with Crippen molar-refractivity contribution in [3.05, 3.63) is 51.6 Å². The van der Waals surface area contributed by atoms with E-state index in [1.54, 1.807) is 10.8 Å². The van der Waals surface area contributed by atoms with Crippen LogP contribution in [0.4, 0.5) is 5.69 Å². The van der Waals surface area contributed by atoms with E-state index in [0.717, 1.165) is 27.0 Å². The van der Waals surface area contributed by atoms with E-state index < -0.39 is 0 Å². The molecule has 0 saturated carbocycles. The van der Waals surface area contributed by atoms with Crippen LogP contribution in [0.5, 0.6) is 0 Å². The molecule has 3 rings (SSSR count). The van der Waals surface area contributed by atoms with Crippen LogP contribution in [0.2, 0.25) is 5.15 Å². The van der Waals surface area contributed by atoms with Crippen LogP contribution in [0.1, 0.15) is 11.3 Å². The predicted octanol–water partition coefficient (Wildman–Crippen LogP) is 4.26. The fourth-order valence-electron chi connectivity index (χ4n) is 2.01. The summed E-state index contributed by atoms with van der Waals surface area (Å²) < 4.78 is 8.08. The van der Waals surface area contributed by atoms with E-state index >= 15 is 0 Å². The minimum absolute atomic E-state index is 0.442. The first-order valence-electron chi connectivity index (χ1n) is 5.75. The van der Waals surface area contributed by atoms with Crippen molar-refractivity contribution in [3.63, 3.8) is 0 Å². The van der Waals surface area contributed by atoms with E-state index in [1.165, 1.54) is 0 Å². The molecule has 0 bridgehead atoms. The summed E-state index contributed by atoms with van der Waals surface area (Å²) in [5.74, 6) is 0.870. The molecular weight excluding hydrogens is 330 g/mol. The number of aromatic nitrogens is 2. The van der Waals surface area contributed by atoms with Gasteiger partial charge in [0.1, 0.15) is 5.76 Å². The summed E-state index contributed by atoms with van der Waals surface area (Å²) in [4.78, 5) is 0. The Kier molecular flexibility index (Phi) is 3.24. The molecule has 0 aliphatic rings. The topological polar surface area (TPSA) is 42.5 Å². The van der Waals surface area contributed by atoms with Gasteiger partial charge in [0.25, 0.3) is 0 Å². The van der Waals surface area contributed by atoms with Crippen LogP contribution < -0.4 is 5.32 Å². The lowest BCUT2D eigenvalue weighted by atomic mass is 10.2. The quantitative estimate of drug-likeness (QED) is 0.774. The lowest BCUT2D eigenvalue weighted by Gasteiger charge is -2.08. The van der Waals surface area contributed by atoms with Crippen LogP contribution in [0, 0.1) is 6.92 Å². The van der Waals surface area contributed by atoms with Crippen LogP contribution in [-0.4, -0.2) is 9.61 Å². The second-order valence-electron chi connectivity index (χ2n) is 4.21.